The van der Waals surface area contributed by atoms with Gasteiger partial charge in [-0.1, -0.05) is 0 Å². The van der Waals surface area contributed by atoms with E-state index in [0.29, 0.717) is 0 Å². The molecule has 4 fully saturated rings. The van der Waals surface area contributed by atoms with Gasteiger partial charge in [0.2, 0.25) is 0 Å². The fourth-order valence-corrected chi connectivity index (χ4v) is 4.36. The predicted molar refractivity (Wildman–Crippen MR) is 70.0 cm³/mol. The van der Waals surface area contributed by atoms with Crippen LogP contribution in [-0.4, -0.2) is 48.1 Å². The van der Waals surface area contributed by atoms with Gasteiger partial charge in [-0.2, -0.15) is 0 Å². The van der Waals surface area contributed by atoms with Crippen LogP contribution in [0.3, 0.4) is 0 Å². The summed E-state index contributed by atoms with van der Waals surface area (Å²) in [6.45, 7) is 5.56. The van der Waals surface area contributed by atoms with Crippen molar-refractivity contribution in [2.45, 2.75) is 57.0 Å². The molecule has 0 radical (unpaired) electrons. The maximum absolute atomic E-state index is 2.92. The Morgan fingerprint density at radius 2 is 1.47 bits per heavy atom. The molecule has 2 heteroatoms. The molecule has 96 valence electrons. The number of fused-ring (bicyclic) bond motifs is 1. The summed E-state index contributed by atoms with van der Waals surface area (Å²) < 4.78 is 0. The summed E-state index contributed by atoms with van der Waals surface area (Å²) in [6, 6.07) is 1.91. The van der Waals surface area contributed by atoms with Crippen molar-refractivity contribution in [2.75, 3.05) is 26.2 Å². The van der Waals surface area contributed by atoms with E-state index in [9.17, 15) is 0 Å². The summed E-state index contributed by atoms with van der Waals surface area (Å²) in [5, 5.41) is 0. The summed E-state index contributed by atoms with van der Waals surface area (Å²) >= 11 is 0. The Balaban J connectivity index is 1.48. The van der Waals surface area contributed by atoms with Crippen LogP contribution in [0.15, 0.2) is 0 Å². The first-order chi connectivity index (χ1) is 8.42. The van der Waals surface area contributed by atoms with Crippen LogP contribution in [0.5, 0.6) is 0 Å². The first-order valence-corrected chi connectivity index (χ1v) is 7.90. The van der Waals surface area contributed by atoms with Gasteiger partial charge in [0, 0.05) is 18.6 Å². The van der Waals surface area contributed by atoms with E-state index in [1.54, 1.807) is 0 Å². The van der Waals surface area contributed by atoms with Gasteiger partial charge < -0.3 is 0 Å². The normalized spacial score (nSPS) is 36.2. The lowest BCUT2D eigenvalue weighted by molar-refractivity contribution is 0.141. The number of hydrogen-bond donors (Lipinski definition) is 0. The zero-order valence-corrected chi connectivity index (χ0v) is 11.0. The molecule has 0 aromatic rings. The highest BCUT2D eigenvalue weighted by molar-refractivity contribution is 4.99. The van der Waals surface area contributed by atoms with Gasteiger partial charge >= 0.3 is 0 Å². The molecule has 2 saturated heterocycles. The molecule has 17 heavy (non-hydrogen) atoms. The molecule has 4 rings (SSSR count). The van der Waals surface area contributed by atoms with Crippen LogP contribution in [0.2, 0.25) is 0 Å². The van der Waals surface area contributed by atoms with E-state index in [4.69, 9.17) is 0 Å². The highest BCUT2D eigenvalue weighted by Crippen LogP contribution is 2.47. The lowest BCUT2D eigenvalue weighted by Crippen LogP contribution is -2.44. The second-order valence-corrected chi connectivity index (χ2v) is 6.85. The standard InChI is InChI=1S/C15H26N2/c1-3-14-11-17(10-2-9-16(14)8-1)15(12-4-5-12)13-6-7-13/h12-15H,1-11H2. The van der Waals surface area contributed by atoms with E-state index < -0.39 is 0 Å². The van der Waals surface area contributed by atoms with E-state index in [1.165, 1.54) is 71.1 Å². The largest absolute Gasteiger partial charge is 0.299 e. The third-order valence-corrected chi connectivity index (χ3v) is 5.47. The Morgan fingerprint density at radius 3 is 2.18 bits per heavy atom. The Bertz CT molecular complexity index is 271. The fourth-order valence-electron chi connectivity index (χ4n) is 4.36. The molecular weight excluding hydrogens is 208 g/mol. The van der Waals surface area contributed by atoms with E-state index in [-0.39, 0.29) is 0 Å². The van der Waals surface area contributed by atoms with Crippen molar-refractivity contribution < 1.29 is 0 Å². The number of hydrogen-bond acceptors (Lipinski definition) is 2. The van der Waals surface area contributed by atoms with Gasteiger partial charge in [0.25, 0.3) is 0 Å². The topological polar surface area (TPSA) is 6.48 Å². The smallest absolute Gasteiger partial charge is 0.0223 e. The van der Waals surface area contributed by atoms with Crippen LogP contribution in [0.25, 0.3) is 0 Å². The molecule has 0 aromatic heterocycles. The monoisotopic (exact) mass is 234 g/mol. The first kappa shape index (κ1) is 10.8. The predicted octanol–water partition coefficient (Wildman–Crippen LogP) is 2.35. The molecule has 0 amide bonds. The van der Waals surface area contributed by atoms with E-state index >= 15 is 0 Å². The summed E-state index contributed by atoms with van der Waals surface area (Å²) in [5.74, 6) is 2.19. The number of rotatable bonds is 3. The van der Waals surface area contributed by atoms with Crippen molar-refractivity contribution >= 4 is 0 Å². The van der Waals surface area contributed by atoms with Gasteiger partial charge in [-0.25, -0.2) is 0 Å². The maximum Gasteiger partial charge on any atom is 0.0223 e. The van der Waals surface area contributed by atoms with Crippen LogP contribution in [-0.2, 0) is 0 Å². The third-order valence-electron chi connectivity index (χ3n) is 5.47. The summed E-state index contributed by atoms with van der Waals surface area (Å²) in [4.78, 5) is 5.70. The Morgan fingerprint density at radius 1 is 0.765 bits per heavy atom. The van der Waals surface area contributed by atoms with Crippen molar-refractivity contribution in [2.24, 2.45) is 11.8 Å². The van der Waals surface area contributed by atoms with Gasteiger partial charge in [-0.15, -0.1) is 0 Å². The average molecular weight is 234 g/mol. The van der Waals surface area contributed by atoms with Crippen LogP contribution in [0.1, 0.15) is 44.9 Å². The molecule has 1 atom stereocenters. The summed E-state index contributed by atoms with van der Waals surface area (Å²) in [5.41, 5.74) is 0. The molecule has 0 spiro atoms. The minimum Gasteiger partial charge on any atom is -0.299 e. The molecular formula is C15H26N2. The van der Waals surface area contributed by atoms with Gasteiger partial charge in [0.05, 0.1) is 0 Å². The van der Waals surface area contributed by atoms with Crippen molar-refractivity contribution in [3.05, 3.63) is 0 Å². The molecule has 0 bridgehead atoms. The van der Waals surface area contributed by atoms with Crippen molar-refractivity contribution in [1.29, 1.82) is 0 Å². The molecule has 2 heterocycles. The molecule has 2 saturated carbocycles. The van der Waals surface area contributed by atoms with Gasteiger partial charge in [0.15, 0.2) is 0 Å². The van der Waals surface area contributed by atoms with Crippen LogP contribution in [0, 0.1) is 11.8 Å². The van der Waals surface area contributed by atoms with Crippen LogP contribution < -0.4 is 0 Å². The molecule has 0 aromatic carbocycles. The fraction of sp³-hybridized carbons (Fsp3) is 1.00. The molecule has 1 unspecified atom stereocenters. The summed E-state index contributed by atoms with van der Waals surface area (Å²) in [6.07, 6.45) is 10.5. The maximum atomic E-state index is 2.92. The van der Waals surface area contributed by atoms with Crippen molar-refractivity contribution in [3.8, 4) is 0 Å². The van der Waals surface area contributed by atoms with Gasteiger partial charge in [0.1, 0.15) is 0 Å². The second kappa shape index (κ2) is 4.24. The average Bonchev–Trinajstić information content (AvgIpc) is 3.21. The highest BCUT2D eigenvalue weighted by Gasteiger charge is 2.45. The zero-order chi connectivity index (χ0) is 11.2. The lowest BCUT2D eigenvalue weighted by atomic mass is 10.0. The van der Waals surface area contributed by atoms with Crippen LogP contribution in [0.4, 0.5) is 0 Å². The first-order valence-electron chi connectivity index (χ1n) is 7.90. The zero-order valence-electron chi connectivity index (χ0n) is 11.0. The summed E-state index contributed by atoms with van der Waals surface area (Å²) in [7, 11) is 0. The van der Waals surface area contributed by atoms with E-state index in [0.717, 1.165) is 23.9 Å². The molecule has 2 aliphatic carbocycles. The third kappa shape index (κ3) is 2.15. The molecule has 4 aliphatic rings. The Labute approximate surface area is 105 Å². The van der Waals surface area contributed by atoms with Gasteiger partial charge in [-0.05, 0) is 76.4 Å². The van der Waals surface area contributed by atoms with E-state index in [1.807, 2.05) is 0 Å². The quantitative estimate of drug-likeness (QED) is 0.739. The van der Waals surface area contributed by atoms with Gasteiger partial charge in [-0.3, -0.25) is 9.80 Å². The lowest BCUT2D eigenvalue weighted by Gasteiger charge is -2.33. The Kier molecular flexibility index (Phi) is 2.69. The molecule has 0 N–H and O–H groups in total. The van der Waals surface area contributed by atoms with Crippen molar-refractivity contribution in [3.63, 3.8) is 0 Å². The second-order valence-electron chi connectivity index (χ2n) is 6.85. The SMILES string of the molecule is C1CC2CN(C(C3CC3)C3CC3)CCCN2C1. The number of nitrogens with zero attached hydrogens (tertiary/aromatic N) is 2. The van der Waals surface area contributed by atoms with Crippen molar-refractivity contribution in [1.82, 2.24) is 9.80 Å². The Hall–Kier alpha value is -0.0800. The minimum absolute atomic E-state index is 0.914. The minimum atomic E-state index is 0.914. The van der Waals surface area contributed by atoms with Crippen LogP contribution >= 0.6 is 0 Å². The molecule has 2 nitrogen and oxygen atoms in total. The van der Waals surface area contributed by atoms with E-state index in [2.05, 4.69) is 9.80 Å². The molecule has 2 aliphatic heterocycles. The highest BCUT2D eigenvalue weighted by atomic mass is 15.3.